The molecule has 0 saturated heterocycles. The summed E-state index contributed by atoms with van der Waals surface area (Å²) in [6.07, 6.45) is -0.146. The van der Waals surface area contributed by atoms with E-state index < -0.39 is 0 Å². The zero-order chi connectivity index (χ0) is 19.3. The molecule has 1 aromatic carbocycles. The number of ether oxygens (including phenoxy) is 2. The first-order valence-corrected chi connectivity index (χ1v) is 9.51. The van der Waals surface area contributed by atoms with Crippen molar-refractivity contribution in [1.29, 1.82) is 0 Å². The molecule has 2 rings (SSSR count). The van der Waals surface area contributed by atoms with Crippen LogP contribution >= 0.6 is 11.8 Å². The van der Waals surface area contributed by atoms with E-state index in [0.29, 0.717) is 16.9 Å². The summed E-state index contributed by atoms with van der Waals surface area (Å²) in [5.41, 5.74) is 2.25. The maximum absolute atomic E-state index is 11.6. The van der Waals surface area contributed by atoms with E-state index in [1.54, 1.807) is 13.8 Å². The highest BCUT2D eigenvalue weighted by atomic mass is 32.2. The normalized spacial score (nSPS) is 11.2. The number of nitrogen functional groups attached to an aromatic ring is 1. The molecule has 0 spiro atoms. The molecule has 0 aliphatic heterocycles. The van der Waals surface area contributed by atoms with Gasteiger partial charge in [0.1, 0.15) is 12.4 Å². The number of carbonyl (C=O) groups excluding carboxylic acids is 1. The molecule has 7 nitrogen and oxygen atoms in total. The monoisotopic (exact) mass is 378 g/mol. The largest absolute Gasteiger partial charge is 0.485 e. The second-order valence-corrected chi connectivity index (χ2v) is 7.52. The highest BCUT2D eigenvalue weighted by molar-refractivity contribution is 7.99. The minimum absolute atomic E-state index is 0.129. The summed E-state index contributed by atoms with van der Waals surface area (Å²) in [6.45, 7) is 10.1. The molecule has 2 N–H and O–H groups in total. The van der Waals surface area contributed by atoms with Gasteiger partial charge in [-0.15, -0.1) is 10.2 Å². The van der Waals surface area contributed by atoms with Crippen molar-refractivity contribution in [2.75, 3.05) is 11.6 Å². The molecule has 0 aliphatic carbocycles. The fourth-order valence-electron chi connectivity index (χ4n) is 2.31. The number of aryl methyl sites for hydroxylation is 1. The van der Waals surface area contributed by atoms with Gasteiger partial charge < -0.3 is 15.3 Å². The van der Waals surface area contributed by atoms with Gasteiger partial charge in [0.15, 0.2) is 5.82 Å². The van der Waals surface area contributed by atoms with Crippen molar-refractivity contribution in [1.82, 2.24) is 14.9 Å². The van der Waals surface area contributed by atoms with Crippen molar-refractivity contribution in [2.45, 2.75) is 58.4 Å². The Kier molecular flexibility index (Phi) is 6.90. The van der Waals surface area contributed by atoms with Crippen molar-refractivity contribution in [3.63, 3.8) is 0 Å². The Labute approximate surface area is 158 Å². The van der Waals surface area contributed by atoms with E-state index in [9.17, 15) is 4.79 Å². The first-order valence-electron chi connectivity index (χ1n) is 8.53. The average Bonchev–Trinajstić information content (AvgIpc) is 2.90. The van der Waals surface area contributed by atoms with E-state index in [1.165, 1.54) is 16.4 Å². The molecule has 0 bridgehead atoms. The lowest BCUT2D eigenvalue weighted by Gasteiger charge is -2.14. The Morgan fingerprint density at radius 3 is 2.65 bits per heavy atom. The number of benzene rings is 1. The van der Waals surface area contributed by atoms with Crippen molar-refractivity contribution in [3.05, 3.63) is 35.2 Å². The molecule has 26 heavy (non-hydrogen) atoms. The quantitative estimate of drug-likeness (QED) is 0.429. The van der Waals surface area contributed by atoms with E-state index in [0.717, 1.165) is 16.9 Å². The summed E-state index contributed by atoms with van der Waals surface area (Å²) >= 11 is 1.18. The van der Waals surface area contributed by atoms with Gasteiger partial charge in [0.05, 0.1) is 11.9 Å². The van der Waals surface area contributed by atoms with Gasteiger partial charge in [0, 0.05) is 0 Å². The third-order valence-electron chi connectivity index (χ3n) is 3.57. The molecule has 0 amide bonds. The number of rotatable bonds is 8. The molecule has 0 saturated carbocycles. The first kappa shape index (κ1) is 20.1. The van der Waals surface area contributed by atoms with Crippen LogP contribution in [0.5, 0.6) is 5.75 Å². The van der Waals surface area contributed by atoms with Crippen LogP contribution in [0.4, 0.5) is 0 Å². The number of hydrogen-bond donors (Lipinski definition) is 1. The van der Waals surface area contributed by atoms with E-state index in [4.69, 9.17) is 15.3 Å². The maximum Gasteiger partial charge on any atom is 0.316 e. The van der Waals surface area contributed by atoms with Gasteiger partial charge in [-0.1, -0.05) is 37.7 Å². The second kappa shape index (κ2) is 8.93. The third-order valence-corrected chi connectivity index (χ3v) is 4.49. The molecule has 2 aromatic rings. The number of esters is 1. The molecule has 0 atom stereocenters. The van der Waals surface area contributed by atoms with Crippen molar-refractivity contribution >= 4 is 17.7 Å². The zero-order valence-electron chi connectivity index (χ0n) is 15.9. The summed E-state index contributed by atoms with van der Waals surface area (Å²) < 4.78 is 12.4. The van der Waals surface area contributed by atoms with Crippen molar-refractivity contribution in [3.8, 4) is 5.75 Å². The molecular weight excluding hydrogens is 352 g/mol. The molecular formula is C18H26N4O3S. The Morgan fingerprint density at radius 1 is 1.27 bits per heavy atom. The minimum Gasteiger partial charge on any atom is -0.485 e. The SMILES string of the molecule is Cc1ccc(C(C)C)c(OCc2nnc(SCC(=O)OC(C)C)n2N)c1. The highest BCUT2D eigenvalue weighted by Gasteiger charge is 2.15. The fraction of sp³-hybridized carbons (Fsp3) is 0.500. The second-order valence-electron chi connectivity index (χ2n) is 6.58. The average molecular weight is 378 g/mol. The number of aromatic nitrogens is 3. The Balaban J connectivity index is 2.01. The molecule has 8 heteroatoms. The third kappa shape index (κ3) is 5.39. The van der Waals surface area contributed by atoms with Crippen LogP contribution in [0, 0.1) is 6.92 Å². The van der Waals surface area contributed by atoms with E-state index >= 15 is 0 Å². The number of nitrogens with zero attached hydrogens (tertiary/aromatic N) is 3. The van der Waals surface area contributed by atoms with Gasteiger partial charge in [-0.25, -0.2) is 4.68 Å². The van der Waals surface area contributed by atoms with Crippen LogP contribution < -0.4 is 10.6 Å². The molecule has 0 radical (unpaired) electrons. The standard InChI is InChI=1S/C18H26N4O3S/c1-11(2)14-7-6-13(5)8-15(14)24-9-16-20-21-18(22(16)19)26-10-17(23)25-12(3)4/h6-8,11-12H,9-10,19H2,1-5H3. The van der Waals surface area contributed by atoms with Gasteiger partial charge in [0.2, 0.25) is 5.16 Å². The van der Waals surface area contributed by atoms with Crippen LogP contribution in [-0.4, -0.2) is 32.7 Å². The molecule has 1 heterocycles. The van der Waals surface area contributed by atoms with Crippen molar-refractivity contribution < 1.29 is 14.3 Å². The lowest BCUT2D eigenvalue weighted by atomic mass is 10.0. The predicted molar refractivity (Wildman–Crippen MR) is 102 cm³/mol. The van der Waals surface area contributed by atoms with Crippen LogP contribution in [0.15, 0.2) is 23.4 Å². The maximum atomic E-state index is 11.6. The minimum atomic E-state index is -0.313. The summed E-state index contributed by atoms with van der Waals surface area (Å²) in [5, 5.41) is 8.52. The molecule has 0 aliphatic rings. The van der Waals surface area contributed by atoms with Crippen LogP contribution in [0.3, 0.4) is 0 Å². The molecule has 142 valence electrons. The number of carbonyl (C=O) groups is 1. The lowest BCUT2D eigenvalue weighted by Crippen LogP contribution is -2.17. The van der Waals surface area contributed by atoms with E-state index in [-0.39, 0.29) is 24.4 Å². The van der Waals surface area contributed by atoms with Crippen molar-refractivity contribution in [2.24, 2.45) is 0 Å². The molecule has 0 unspecified atom stereocenters. The number of nitrogens with two attached hydrogens (primary N) is 1. The molecule has 1 aromatic heterocycles. The summed E-state index contributed by atoms with van der Waals surface area (Å²) in [5.74, 6) is 7.49. The van der Waals surface area contributed by atoms with E-state index in [2.05, 4.69) is 36.2 Å². The predicted octanol–water partition coefficient (Wildman–Crippen LogP) is 3.05. The van der Waals surface area contributed by atoms with Crippen LogP contribution in [0.1, 0.15) is 50.6 Å². The first-order chi connectivity index (χ1) is 12.3. The lowest BCUT2D eigenvalue weighted by molar-refractivity contribution is -0.144. The Morgan fingerprint density at radius 2 is 2.00 bits per heavy atom. The smallest absolute Gasteiger partial charge is 0.316 e. The van der Waals surface area contributed by atoms with Crippen LogP contribution in [0.2, 0.25) is 0 Å². The summed E-state index contributed by atoms with van der Waals surface area (Å²) in [7, 11) is 0. The molecule has 0 fully saturated rings. The summed E-state index contributed by atoms with van der Waals surface area (Å²) in [4.78, 5) is 11.6. The topological polar surface area (TPSA) is 92.3 Å². The Bertz CT molecular complexity index is 759. The zero-order valence-corrected chi connectivity index (χ0v) is 16.7. The van der Waals surface area contributed by atoms with Gasteiger partial charge in [-0.3, -0.25) is 4.79 Å². The van der Waals surface area contributed by atoms with Gasteiger partial charge >= 0.3 is 5.97 Å². The van der Waals surface area contributed by atoms with E-state index in [1.807, 2.05) is 13.0 Å². The fourth-order valence-corrected chi connectivity index (χ4v) is 2.97. The Hall–Kier alpha value is -2.22. The highest BCUT2D eigenvalue weighted by Crippen LogP contribution is 2.28. The van der Waals surface area contributed by atoms with Gasteiger partial charge in [-0.05, 0) is 43.9 Å². The van der Waals surface area contributed by atoms with Gasteiger partial charge in [0.25, 0.3) is 0 Å². The number of thioether (sulfide) groups is 1. The number of hydrogen-bond acceptors (Lipinski definition) is 7. The van der Waals surface area contributed by atoms with Crippen LogP contribution in [-0.2, 0) is 16.1 Å². The summed E-state index contributed by atoms with van der Waals surface area (Å²) in [6, 6.07) is 6.15. The van der Waals surface area contributed by atoms with Crippen LogP contribution in [0.25, 0.3) is 0 Å². The van der Waals surface area contributed by atoms with Gasteiger partial charge in [-0.2, -0.15) is 0 Å².